The highest BCUT2D eigenvalue weighted by Crippen LogP contribution is 2.31. The lowest BCUT2D eigenvalue weighted by atomic mass is 9.80. The van der Waals surface area contributed by atoms with Crippen LogP contribution < -0.4 is 5.32 Å². The van der Waals surface area contributed by atoms with E-state index in [9.17, 15) is 9.59 Å². The van der Waals surface area contributed by atoms with Crippen LogP contribution in [0.1, 0.15) is 39.5 Å². The number of amides is 2. The van der Waals surface area contributed by atoms with Crippen molar-refractivity contribution in [1.29, 1.82) is 0 Å². The quantitative estimate of drug-likeness (QED) is 0.805. The molecule has 2 atom stereocenters. The number of hydrogen-bond donors (Lipinski definition) is 2. The van der Waals surface area contributed by atoms with Crippen molar-refractivity contribution in [1.82, 2.24) is 10.2 Å². The van der Waals surface area contributed by atoms with Gasteiger partial charge in [-0.25, -0.2) is 4.79 Å². The Morgan fingerprint density at radius 3 is 2.56 bits per heavy atom. The van der Waals surface area contributed by atoms with Crippen molar-refractivity contribution >= 4 is 12.0 Å². The van der Waals surface area contributed by atoms with Gasteiger partial charge in [-0.3, -0.25) is 4.79 Å². The molecular formula is C13H22N2O3. The maximum Gasteiger partial charge on any atom is 0.317 e. The zero-order valence-corrected chi connectivity index (χ0v) is 11.1. The maximum absolute atomic E-state index is 12.0. The van der Waals surface area contributed by atoms with E-state index in [2.05, 4.69) is 5.32 Å². The van der Waals surface area contributed by atoms with Gasteiger partial charge in [-0.1, -0.05) is 6.42 Å². The highest BCUT2D eigenvalue weighted by Gasteiger charge is 2.42. The Hall–Kier alpha value is -1.26. The third kappa shape index (κ3) is 2.44. The molecule has 1 saturated heterocycles. The van der Waals surface area contributed by atoms with Gasteiger partial charge < -0.3 is 15.3 Å². The number of aliphatic carboxylic acids is 1. The van der Waals surface area contributed by atoms with Gasteiger partial charge in [-0.15, -0.1) is 0 Å². The molecule has 2 rings (SSSR count). The minimum atomic E-state index is -0.815. The molecule has 1 aliphatic heterocycles. The summed E-state index contributed by atoms with van der Waals surface area (Å²) < 4.78 is 0. The van der Waals surface area contributed by atoms with Crippen LogP contribution >= 0.6 is 0 Å². The first-order valence-corrected chi connectivity index (χ1v) is 6.71. The summed E-state index contributed by atoms with van der Waals surface area (Å²) in [6.07, 6.45) is 4.17. The minimum absolute atomic E-state index is 0.112. The predicted molar refractivity (Wildman–Crippen MR) is 67.3 cm³/mol. The number of carboxylic acid groups (broad SMARTS) is 1. The number of carboxylic acids is 1. The summed E-state index contributed by atoms with van der Waals surface area (Å²) >= 11 is 0. The van der Waals surface area contributed by atoms with E-state index in [0.29, 0.717) is 25.4 Å². The zero-order valence-electron chi connectivity index (χ0n) is 11.1. The summed E-state index contributed by atoms with van der Waals surface area (Å²) in [7, 11) is 0. The maximum atomic E-state index is 12.0. The van der Waals surface area contributed by atoms with E-state index in [-0.39, 0.29) is 12.1 Å². The summed E-state index contributed by atoms with van der Waals surface area (Å²) in [4.78, 5) is 24.8. The number of likely N-dealkylation sites (tertiary alicyclic amines) is 1. The minimum Gasteiger partial charge on any atom is -0.481 e. The van der Waals surface area contributed by atoms with Crippen LogP contribution in [0.5, 0.6) is 0 Å². The lowest BCUT2D eigenvalue weighted by molar-refractivity contribution is -0.146. The summed E-state index contributed by atoms with van der Waals surface area (Å²) in [5, 5.41) is 12.1. The number of nitrogens with one attached hydrogen (secondary N) is 1. The fraction of sp³-hybridized carbons (Fsp3) is 0.846. The van der Waals surface area contributed by atoms with Crippen molar-refractivity contribution in [3.05, 3.63) is 0 Å². The molecule has 18 heavy (non-hydrogen) atoms. The first kappa shape index (κ1) is 13.2. The molecule has 0 spiro atoms. The van der Waals surface area contributed by atoms with E-state index < -0.39 is 11.4 Å². The number of urea groups is 1. The molecule has 0 bridgehead atoms. The number of hydrogen-bond acceptors (Lipinski definition) is 2. The van der Waals surface area contributed by atoms with Gasteiger partial charge in [0.25, 0.3) is 0 Å². The fourth-order valence-corrected chi connectivity index (χ4v) is 2.65. The molecule has 0 radical (unpaired) electrons. The highest BCUT2D eigenvalue weighted by molar-refractivity contribution is 5.79. The van der Waals surface area contributed by atoms with Gasteiger partial charge in [-0.05, 0) is 39.0 Å². The Balaban J connectivity index is 1.85. The number of carbonyl (C=O) groups excluding carboxylic acids is 1. The van der Waals surface area contributed by atoms with Crippen molar-refractivity contribution in [2.45, 2.75) is 45.6 Å². The predicted octanol–water partition coefficient (Wildman–Crippen LogP) is 1.68. The molecule has 2 fully saturated rings. The molecule has 1 heterocycles. The average molecular weight is 254 g/mol. The van der Waals surface area contributed by atoms with E-state index in [4.69, 9.17) is 5.11 Å². The standard InChI is InChI=1S/C13H22N2O3/c1-9(10-4-3-5-10)14-12(18)15-7-6-13(2,8-15)11(16)17/h9-10H,3-8H2,1-2H3,(H,14,18)(H,16,17). The second kappa shape index (κ2) is 4.78. The number of carbonyl (C=O) groups is 2. The summed E-state index contributed by atoms with van der Waals surface area (Å²) in [5.41, 5.74) is -0.781. The molecular weight excluding hydrogens is 232 g/mol. The number of rotatable bonds is 3. The van der Waals surface area contributed by atoms with E-state index >= 15 is 0 Å². The van der Waals surface area contributed by atoms with Crippen LogP contribution in [-0.4, -0.2) is 41.1 Å². The summed E-state index contributed by atoms with van der Waals surface area (Å²) in [5.74, 6) is -0.216. The van der Waals surface area contributed by atoms with Crippen molar-refractivity contribution in [2.24, 2.45) is 11.3 Å². The topological polar surface area (TPSA) is 69.6 Å². The molecule has 2 N–H and O–H groups in total. The van der Waals surface area contributed by atoms with Gasteiger partial charge in [0.1, 0.15) is 0 Å². The second-order valence-corrected chi connectivity index (χ2v) is 5.97. The Morgan fingerprint density at radius 2 is 2.11 bits per heavy atom. The van der Waals surface area contributed by atoms with E-state index in [1.54, 1.807) is 11.8 Å². The van der Waals surface area contributed by atoms with Gasteiger partial charge >= 0.3 is 12.0 Å². The number of nitrogens with zero attached hydrogens (tertiary/aromatic N) is 1. The van der Waals surface area contributed by atoms with E-state index in [0.717, 1.165) is 0 Å². The third-order valence-corrected chi connectivity index (χ3v) is 4.48. The molecule has 2 aliphatic rings. The van der Waals surface area contributed by atoms with Gasteiger partial charge in [0.2, 0.25) is 0 Å². The fourth-order valence-electron chi connectivity index (χ4n) is 2.65. The Bertz CT molecular complexity index is 354. The molecule has 2 amide bonds. The van der Waals surface area contributed by atoms with Crippen LogP contribution in [0.3, 0.4) is 0 Å². The Morgan fingerprint density at radius 1 is 1.44 bits per heavy atom. The van der Waals surface area contributed by atoms with E-state index in [1.807, 2.05) is 6.92 Å². The lowest BCUT2D eigenvalue weighted by Crippen LogP contribution is -2.47. The van der Waals surface area contributed by atoms with Crippen molar-refractivity contribution in [3.63, 3.8) is 0 Å². The van der Waals surface area contributed by atoms with E-state index in [1.165, 1.54) is 19.3 Å². The van der Waals surface area contributed by atoms with Crippen LogP contribution in [0.25, 0.3) is 0 Å². The molecule has 0 aromatic heterocycles. The normalized spacial score (nSPS) is 29.8. The van der Waals surface area contributed by atoms with Crippen LogP contribution in [0.2, 0.25) is 0 Å². The Kier molecular flexibility index (Phi) is 3.50. The van der Waals surface area contributed by atoms with Gasteiger partial charge in [0, 0.05) is 19.1 Å². The van der Waals surface area contributed by atoms with Gasteiger partial charge in [0.15, 0.2) is 0 Å². The average Bonchev–Trinajstić information content (AvgIpc) is 2.59. The SMILES string of the molecule is CC(NC(=O)N1CCC(C)(C(=O)O)C1)C1CCC1. The lowest BCUT2D eigenvalue weighted by Gasteiger charge is -2.33. The molecule has 102 valence electrons. The third-order valence-electron chi connectivity index (χ3n) is 4.48. The molecule has 5 nitrogen and oxygen atoms in total. The van der Waals surface area contributed by atoms with Crippen LogP contribution in [0, 0.1) is 11.3 Å². The monoisotopic (exact) mass is 254 g/mol. The zero-order chi connectivity index (χ0) is 13.3. The van der Waals surface area contributed by atoms with Gasteiger partial charge in [-0.2, -0.15) is 0 Å². The van der Waals surface area contributed by atoms with Crippen molar-refractivity contribution in [2.75, 3.05) is 13.1 Å². The molecule has 0 aromatic rings. The van der Waals surface area contributed by atoms with Crippen LogP contribution in [0.4, 0.5) is 4.79 Å². The molecule has 2 unspecified atom stereocenters. The summed E-state index contributed by atoms with van der Waals surface area (Å²) in [6.45, 7) is 4.59. The molecule has 0 aromatic carbocycles. The van der Waals surface area contributed by atoms with Gasteiger partial charge in [0.05, 0.1) is 5.41 Å². The summed E-state index contributed by atoms with van der Waals surface area (Å²) in [6, 6.07) is 0.0855. The molecule has 1 saturated carbocycles. The highest BCUT2D eigenvalue weighted by atomic mass is 16.4. The van der Waals surface area contributed by atoms with Crippen LogP contribution in [-0.2, 0) is 4.79 Å². The Labute approximate surface area is 108 Å². The first-order valence-electron chi connectivity index (χ1n) is 6.71. The molecule has 1 aliphatic carbocycles. The van der Waals surface area contributed by atoms with Crippen molar-refractivity contribution in [3.8, 4) is 0 Å². The van der Waals surface area contributed by atoms with Crippen molar-refractivity contribution < 1.29 is 14.7 Å². The largest absolute Gasteiger partial charge is 0.481 e. The second-order valence-electron chi connectivity index (χ2n) is 5.97. The smallest absolute Gasteiger partial charge is 0.317 e. The first-order chi connectivity index (χ1) is 8.42. The molecule has 5 heteroatoms. The van der Waals surface area contributed by atoms with Crippen LogP contribution in [0.15, 0.2) is 0 Å².